The summed E-state index contributed by atoms with van der Waals surface area (Å²) in [5.74, 6) is 0.657. The lowest BCUT2D eigenvalue weighted by molar-refractivity contribution is -0.149. The normalized spacial score (nSPS) is 12.9. The Balaban J connectivity index is 1.50. The summed E-state index contributed by atoms with van der Waals surface area (Å²) in [5, 5.41) is 2.81. The number of carbonyl (C=O) groups is 2. The van der Waals surface area contributed by atoms with Crippen LogP contribution in [0.25, 0.3) is 6.08 Å². The molecule has 1 aliphatic heterocycles. The third kappa shape index (κ3) is 5.51. The van der Waals surface area contributed by atoms with Gasteiger partial charge in [-0.05, 0) is 42.8 Å². The lowest BCUT2D eigenvalue weighted by Crippen LogP contribution is -2.25. The Morgan fingerprint density at radius 3 is 2.58 bits per heavy atom. The number of anilines is 1. The molecular weight excluding hydrogens is 422 g/mol. The van der Waals surface area contributed by atoms with Crippen molar-refractivity contribution in [2.24, 2.45) is 0 Å². The van der Waals surface area contributed by atoms with Gasteiger partial charge in [0.25, 0.3) is 5.91 Å². The highest BCUT2D eigenvalue weighted by atomic mass is 16.7. The number of para-hydroxylation sites is 2. The van der Waals surface area contributed by atoms with Gasteiger partial charge < -0.3 is 24.3 Å². The van der Waals surface area contributed by atoms with E-state index < -0.39 is 18.0 Å². The number of benzene rings is 3. The van der Waals surface area contributed by atoms with Crippen LogP contribution in [0.2, 0.25) is 0 Å². The van der Waals surface area contributed by atoms with Crippen molar-refractivity contribution in [1.29, 1.82) is 0 Å². The third-order valence-electron chi connectivity index (χ3n) is 4.83. The van der Waals surface area contributed by atoms with Gasteiger partial charge in [0.05, 0.1) is 12.3 Å². The molecule has 1 aliphatic rings. The van der Waals surface area contributed by atoms with Crippen molar-refractivity contribution in [3.63, 3.8) is 0 Å². The van der Waals surface area contributed by atoms with Crippen LogP contribution in [-0.4, -0.2) is 25.3 Å². The molecule has 1 amide bonds. The van der Waals surface area contributed by atoms with Gasteiger partial charge in [-0.2, -0.15) is 0 Å². The Kier molecular flexibility index (Phi) is 6.90. The van der Waals surface area contributed by atoms with Crippen molar-refractivity contribution in [3.05, 3.63) is 90.0 Å². The number of amides is 1. The number of carbonyl (C=O) groups excluding carboxylic acids is 2. The van der Waals surface area contributed by atoms with Gasteiger partial charge in [-0.25, -0.2) is 4.79 Å². The molecule has 0 aromatic heterocycles. The zero-order valence-corrected chi connectivity index (χ0v) is 18.0. The Morgan fingerprint density at radius 1 is 1.00 bits per heavy atom. The molecule has 0 bridgehead atoms. The largest absolute Gasteiger partial charge is 0.492 e. The van der Waals surface area contributed by atoms with Crippen LogP contribution in [0.3, 0.4) is 0 Å². The van der Waals surface area contributed by atoms with E-state index in [1.807, 2.05) is 19.1 Å². The monoisotopic (exact) mass is 445 g/mol. The average Bonchev–Trinajstić information content (AvgIpc) is 3.31. The second-order valence-corrected chi connectivity index (χ2v) is 7.09. The molecule has 3 aromatic carbocycles. The zero-order chi connectivity index (χ0) is 23.0. The van der Waals surface area contributed by atoms with E-state index in [0.29, 0.717) is 35.1 Å². The zero-order valence-electron chi connectivity index (χ0n) is 18.0. The second kappa shape index (κ2) is 10.4. The first-order chi connectivity index (χ1) is 16.1. The quantitative estimate of drug-likeness (QED) is 0.398. The molecule has 0 saturated carbocycles. The van der Waals surface area contributed by atoms with Crippen molar-refractivity contribution in [2.75, 3.05) is 18.7 Å². The summed E-state index contributed by atoms with van der Waals surface area (Å²) < 4.78 is 21.8. The van der Waals surface area contributed by atoms with Crippen LogP contribution in [0, 0.1) is 0 Å². The highest BCUT2D eigenvalue weighted by molar-refractivity contribution is 5.98. The van der Waals surface area contributed by atoms with E-state index in [1.165, 1.54) is 6.08 Å². The minimum absolute atomic E-state index is 0.171. The Labute approximate surface area is 191 Å². The molecular formula is C26H23NO6. The summed E-state index contributed by atoms with van der Waals surface area (Å²) in [6.07, 6.45) is 1.72. The topological polar surface area (TPSA) is 83.1 Å². The number of hydrogen-bond donors (Lipinski definition) is 1. The molecule has 0 spiro atoms. The number of fused-ring (bicyclic) bond motifs is 1. The van der Waals surface area contributed by atoms with E-state index in [4.69, 9.17) is 18.9 Å². The highest BCUT2D eigenvalue weighted by Crippen LogP contribution is 2.33. The van der Waals surface area contributed by atoms with Crippen molar-refractivity contribution in [3.8, 4) is 17.2 Å². The lowest BCUT2D eigenvalue weighted by atomic mass is 10.1. The van der Waals surface area contributed by atoms with E-state index in [2.05, 4.69) is 5.32 Å². The van der Waals surface area contributed by atoms with Crippen LogP contribution in [0.1, 0.15) is 24.2 Å². The van der Waals surface area contributed by atoms with Crippen LogP contribution < -0.4 is 19.5 Å². The number of rotatable bonds is 8. The van der Waals surface area contributed by atoms with Crippen LogP contribution in [-0.2, 0) is 14.3 Å². The molecule has 33 heavy (non-hydrogen) atoms. The molecule has 0 fully saturated rings. The molecule has 7 heteroatoms. The standard InChI is InChI=1S/C26H23NO6/c1-2-30-21-11-7-6-10-20(21)27-26(29)25(19-8-4-3-5-9-19)33-24(28)15-13-18-12-14-22-23(16-18)32-17-31-22/h3-16,25H,2,17H2,1H3,(H,27,29)/b15-13+. The predicted molar refractivity (Wildman–Crippen MR) is 123 cm³/mol. The summed E-state index contributed by atoms with van der Waals surface area (Å²) in [4.78, 5) is 25.7. The Bertz CT molecular complexity index is 1160. The molecule has 0 saturated heterocycles. The van der Waals surface area contributed by atoms with Gasteiger partial charge in [0.15, 0.2) is 11.5 Å². The molecule has 3 aromatic rings. The van der Waals surface area contributed by atoms with Gasteiger partial charge >= 0.3 is 5.97 Å². The summed E-state index contributed by atoms with van der Waals surface area (Å²) in [5.41, 5.74) is 1.79. The first-order valence-corrected chi connectivity index (χ1v) is 10.5. The number of hydrogen-bond acceptors (Lipinski definition) is 6. The summed E-state index contributed by atoms with van der Waals surface area (Å²) in [7, 11) is 0. The van der Waals surface area contributed by atoms with Gasteiger partial charge in [0.1, 0.15) is 5.75 Å². The van der Waals surface area contributed by atoms with Crippen molar-refractivity contribution >= 4 is 23.6 Å². The molecule has 0 aliphatic carbocycles. The minimum atomic E-state index is -1.14. The van der Waals surface area contributed by atoms with Gasteiger partial charge in [-0.3, -0.25) is 4.79 Å². The molecule has 0 radical (unpaired) electrons. The Hall–Kier alpha value is -4.26. The second-order valence-electron chi connectivity index (χ2n) is 7.09. The first-order valence-electron chi connectivity index (χ1n) is 10.5. The first kappa shape index (κ1) is 22.0. The lowest BCUT2D eigenvalue weighted by Gasteiger charge is -2.18. The Morgan fingerprint density at radius 2 is 1.76 bits per heavy atom. The van der Waals surface area contributed by atoms with Gasteiger partial charge in [0, 0.05) is 11.6 Å². The third-order valence-corrected chi connectivity index (χ3v) is 4.83. The maximum absolute atomic E-state index is 13.1. The molecule has 1 atom stereocenters. The van der Waals surface area contributed by atoms with Crippen molar-refractivity contribution in [1.82, 2.24) is 0 Å². The molecule has 7 nitrogen and oxygen atoms in total. The fourth-order valence-electron chi connectivity index (χ4n) is 3.29. The molecule has 1 unspecified atom stereocenters. The maximum Gasteiger partial charge on any atom is 0.331 e. The maximum atomic E-state index is 13.1. The van der Waals surface area contributed by atoms with Crippen molar-refractivity contribution < 1.29 is 28.5 Å². The summed E-state index contributed by atoms with van der Waals surface area (Å²) >= 11 is 0. The van der Waals surface area contributed by atoms with E-state index in [-0.39, 0.29) is 6.79 Å². The van der Waals surface area contributed by atoms with Crippen LogP contribution in [0.4, 0.5) is 5.69 Å². The van der Waals surface area contributed by atoms with Crippen LogP contribution in [0.15, 0.2) is 78.9 Å². The molecule has 168 valence electrons. The minimum Gasteiger partial charge on any atom is -0.492 e. The van der Waals surface area contributed by atoms with Gasteiger partial charge in [0.2, 0.25) is 12.9 Å². The fourth-order valence-corrected chi connectivity index (χ4v) is 3.29. The molecule has 4 rings (SSSR count). The van der Waals surface area contributed by atoms with Gasteiger partial charge in [-0.15, -0.1) is 0 Å². The fraction of sp³-hybridized carbons (Fsp3) is 0.154. The SMILES string of the molecule is CCOc1ccccc1NC(=O)C(OC(=O)/C=C/c1ccc2c(c1)OCO2)c1ccccc1. The average molecular weight is 445 g/mol. The number of nitrogens with one attached hydrogen (secondary N) is 1. The van der Waals surface area contributed by atoms with E-state index in [0.717, 1.165) is 5.56 Å². The van der Waals surface area contributed by atoms with Gasteiger partial charge in [-0.1, -0.05) is 48.5 Å². The van der Waals surface area contributed by atoms with E-state index in [9.17, 15) is 9.59 Å². The van der Waals surface area contributed by atoms with Crippen LogP contribution in [0.5, 0.6) is 17.2 Å². The number of esters is 1. The van der Waals surface area contributed by atoms with Crippen LogP contribution >= 0.6 is 0 Å². The van der Waals surface area contributed by atoms with E-state index >= 15 is 0 Å². The number of ether oxygens (including phenoxy) is 4. The van der Waals surface area contributed by atoms with E-state index in [1.54, 1.807) is 66.7 Å². The molecule has 1 heterocycles. The summed E-state index contributed by atoms with van der Waals surface area (Å²) in [6, 6.07) is 21.3. The highest BCUT2D eigenvalue weighted by Gasteiger charge is 2.25. The smallest absolute Gasteiger partial charge is 0.331 e. The molecule has 1 N–H and O–H groups in total. The summed E-state index contributed by atoms with van der Waals surface area (Å²) in [6.45, 7) is 2.49. The predicted octanol–water partition coefficient (Wildman–Crippen LogP) is 4.75. The van der Waals surface area contributed by atoms with Crippen molar-refractivity contribution in [2.45, 2.75) is 13.0 Å².